The third-order valence-corrected chi connectivity index (χ3v) is 4.09. The van der Waals surface area contributed by atoms with Crippen molar-refractivity contribution in [2.45, 2.75) is 18.2 Å². The molecular weight excluding hydrogens is 419 g/mol. The standard InChI is InChI=1S/C17H22N4S.HI/c1-14-5-7-16(8-6-14)22-13-12-21-17(18)20-11-9-15-4-2-3-10-19-15;/h2-8,10H,9,11-13H2,1H3,(H3,18,20,21);1H. The fourth-order valence-electron chi connectivity index (χ4n) is 1.88. The minimum Gasteiger partial charge on any atom is -0.370 e. The summed E-state index contributed by atoms with van der Waals surface area (Å²) in [7, 11) is 0. The van der Waals surface area contributed by atoms with Gasteiger partial charge in [0.15, 0.2) is 5.96 Å². The van der Waals surface area contributed by atoms with E-state index in [4.69, 9.17) is 5.73 Å². The average molecular weight is 442 g/mol. The summed E-state index contributed by atoms with van der Waals surface area (Å²) < 4.78 is 0. The molecule has 1 aromatic heterocycles. The molecule has 0 fully saturated rings. The van der Waals surface area contributed by atoms with E-state index < -0.39 is 0 Å². The quantitative estimate of drug-likeness (QED) is 0.227. The van der Waals surface area contributed by atoms with Crippen molar-refractivity contribution in [1.82, 2.24) is 10.3 Å². The van der Waals surface area contributed by atoms with Crippen molar-refractivity contribution in [3.63, 3.8) is 0 Å². The molecule has 124 valence electrons. The van der Waals surface area contributed by atoms with Gasteiger partial charge in [-0.05, 0) is 31.2 Å². The number of aliphatic imine (C=N–C) groups is 1. The number of nitrogens with two attached hydrogens (primary N) is 1. The number of guanidine groups is 1. The van der Waals surface area contributed by atoms with Crippen LogP contribution < -0.4 is 11.1 Å². The molecule has 0 atom stereocenters. The first-order valence-electron chi connectivity index (χ1n) is 7.37. The van der Waals surface area contributed by atoms with E-state index in [9.17, 15) is 0 Å². The van der Waals surface area contributed by atoms with Crippen molar-refractivity contribution in [2.75, 3.05) is 18.8 Å². The predicted molar refractivity (Wildman–Crippen MR) is 110 cm³/mol. The number of hydrogen-bond acceptors (Lipinski definition) is 3. The lowest BCUT2D eigenvalue weighted by atomic mass is 10.2. The van der Waals surface area contributed by atoms with Gasteiger partial charge in [-0.2, -0.15) is 0 Å². The summed E-state index contributed by atoms with van der Waals surface area (Å²) in [4.78, 5) is 9.84. The van der Waals surface area contributed by atoms with E-state index in [0.29, 0.717) is 12.5 Å². The lowest BCUT2D eigenvalue weighted by molar-refractivity contribution is 0.890. The van der Waals surface area contributed by atoms with Crippen LogP contribution >= 0.6 is 35.7 Å². The van der Waals surface area contributed by atoms with E-state index in [1.807, 2.05) is 30.0 Å². The zero-order chi connectivity index (χ0) is 15.6. The number of thioether (sulfide) groups is 1. The van der Waals surface area contributed by atoms with Gasteiger partial charge in [0.2, 0.25) is 0 Å². The molecule has 1 aromatic carbocycles. The van der Waals surface area contributed by atoms with Gasteiger partial charge < -0.3 is 11.1 Å². The van der Waals surface area contributed by atoms with Crippen LogP contribution in [0.25, 0.3) is 0 Å². The molecular formula is C17H23IN4S. The smallest absolute Gasteiger partial charge is 0.188 e. The molecule has 1 heterocycles. The van der Waals surface area contributed by atoms with Crippen LogP contribution in [0.2, 0.25) is 0 Å². The van der Waals surface area contributed by atoms with Crippen LogP contribution in [0.15, 0.2) is 58.5 Å². The van der Waals surface area contributed by atoms with E-state index in [2.05, 4.69) is 46.5 Å². The first-order valence-corrected chi connectivity index (χ1v) is 8.36. The molecule has 2 aromatic rings. The summed E-state index contributed by atoms with van der Waals surface area (Å²) in [6.07, 6.45) is 2.60. The highest BCUT2D eigenvalue weighted by molar-refractivity contribution is 14.0. The molecule has 3 N–H and O–H groups in total. The molecule has 6 heteroatoms. The van der Waals surface area contributed by atoms with Crippen molar-refractivity contribution in [3.8, 4) is 0 Å². The van der Waals surface area contributed by atoms with Gasteiger partial charge in [-0.3, -0.25) is 9.98 Å². The summed E-state index contributed by atoms with van der Waals surface area (Å²) in [6.45, 7) is 3.55. The topological polar surface area (TPSA) is 63.3 Å². The summed E-state index contributed by atoms with van der Waals surface area (Å²) >= 11 is 1.81. The molecule has 0 saturated carbocycles. The van der Waals surface area contributed by atoms with E-state index in [0.717, 1.165) is 24.4 Å². The maximum atomic E-state index is 5.85. The average Bonchev–Trinajstić information content (AvgIpc) is 2.54. The van der Waals surface area contributed by atoms with Crippen LogP contribution in [-0.2, 0) is 6.42 Å². The van der Waals surface area contributed by atoms with Crippen LogP contribution in [0, 0.1) is 6.92 Å². The van der Waals surface area contributed by atoms with E-state index >= 15 is 0 Å². The number of nitrogens with one attached hydrogen (secondary N) is 1. The Balaban J connectivity index is 0.00000264. The van der Waals surface area contributed by atoms with Gasteiger partial charge in [0.05, 0.1) is 0 Å². The first kappa shape index (κ1) is 19.8. The first-order chi connectivity index (χ1) is 10.7. The fraction of sp³-hybridized carbons (Fsp3) is 0.294. The molecule has 0 unspecified atom stereocenters. The Morgan fingerprint density at radius 3 is 2.70 bits per heavy atom. The van der Waals surface area contributed by atoms with Crippen molar-refractivity contribution in [3.05, 3.63) is 59.9 Å². The van der Waals surface area contributed by atoms with Gasteiger partial charge in [0, 0.05) is 42.0 Å². The van der Waals surface area contributed by atoms with Gasteiger partial charge >= 0.3 is 0 Å². The van der Waals surface area contributed by atoms with Crippen molar-refractivity contribution in [1.29, 1.82) is 0 Å². The number of pyridine rings is 1. The number of hydrogen-bond donors (Lipinski definition) is 2. The van der Waals surface area contributed by atoms with E-state index in [1.54, 1.807) is 6.20 Å². The maximum absolute atomic E-state index is 5.85. The van der Waals surface area contributed by atoms with Gasteiger partial charge in [0.1, 0.15) is 0 Å². The monoisotopic (exact) mass is 442 g/mol. The summed E-state index contributed by atoms with van der Waals surface area (Å²) in [5, 5.41) is 3.14. The minimum atomic E-state index is 0. The second kappa shape index (κ2) is 11.3. The SMILES string of the molecule is Cc1ccc(SCCNC(N)=NCCc2ccccn2)cc1.I. The molecule has 23 heavy (non-hydrogen) atoms. The highest BCUT2D eigenvalue weighted by Gasteiger charge is 1.96. The lowest BCUT2D eigenvalue weighted by Crippen LogP contribution is -2.33. The van der Waals surface area contributed by atoms with Crippen molar-refractivity contribution in [2.24, 2.45) is 10.7 Å². The number of halogens is 1. The van der Waals surface area contributed by atoms with Crippen LogP contribution in [0.1, 0.15) is 11.3 Å². The molecule has 0 saturated heterocycles. The van der Waals surface area contributed by atoms with Crippen LogP contribution in [0.4, 0.5) is 0 Å². The minimum absolute atomic E-state index is 0. The highest BCUT2D eigenvalue weighted by Crippen LogP contribution is 2.17. The number of nitrogens with zero attached hydrogens (tertiary/aromatic N) is 2. The Morgan fingerprint density at radius 1 is 1.22 bits per heavy atom. The molecule has 0 radical (unpaired) electrons. The van der Waals surface area contributed by atoms with E-state index in [1.165, 1.54) is 10.5 Å². The van der Waals surface area contributed by atoms with Gasteiger partial charge in [-0.1, -0.05) is 23.8 Å². The van der Waals surface area contributed by atoms with Gasteiger partial charge in [0.25, 0.3) is 0 Å². The zero-order valence-corrected chi connectivity index (χ0v) is 16.4. The molecule has 0 aliphatic rings. The Kier molecular flexibility index (Phi) is 9.70. The van der Waals surface area contributed by atoms with Crippen LogP contribution in [-0.4, -0.2) is 29.8 Å². The van der Waals surface area contributed by atoms with Crippen LogP contribution in [0.5, 0.6) is 0 Å². The molecule has 0 bridgehead atoms. The molecule has 2 rings (SSSR count). The molecule has 4 nitrogen and oxygen atoms in total. The van der Waals surface area contributed by atoms with Crippen molar-refractivity contribution < 1.29 is 0 Å². The van der Waals surface area contributed by atoms with Gasteiger partial charge in [-0.15, -0.1) is 35.7 Å². The Bertz CT molecular complexity index is 587. The third-order valence-electron chi connectivity index (χ3n) is 3.07. The molecule has 0 spiro atoms. The summed E-state index contributed by atoms with van der Waals surface area (Å²) in [6, 6.07) is 14.4. The van der Waals surface area contributed by atoms with E-state index in [-0.39, 0.29) is 24.0 Å². The third kappa shape index (κ3) is 8.22. The number of aryl methyl sites for hydroxylation is 1. The number of benzene rings is 1. The highest BCUT2D eigenvalue weighted by atomic mass is 127. The predicted octanol–water partition coefficient (Wildman–Crippen LogP) is 3.25. The molecule has 0 aliphatic heterocycles. The maximum Gasteiger partial charge on any atom is 0.188 e. The Morgan fingerprint density at radius 2 is 2.00 bits per heavy atom. The van der Waals surface area contributed by atoms with Gasteiger partial charge in [-0.25, -0.2) is 0 Å². The fourth-order valence-corrected chi connectivity index (χ4v) is 2.64. The normalized spacial score (nSPS) is 10.9. The Hall–Kier alpha value is -1.28. The molecule has 0 aliphatic carbocycles. The second-order valence-electron chi connectivity index (χ2n) is 4.93. The second-order valence-corrected chi connectivity index (χ2v) is 6.09. The number of aromatic nitrogens is 1. The molecule has 0 amide bonds. The summed E-state index contributed by atoms with van der Waals surface area (Å²) in [5.41, 5.74) is 8.17. The Labute approximate surface area is 159 Å². The van der Waals surface area contributed by atoms with Crippen LogP contribution in [0.3, 0.4) is 0 Å². The van der Waals surface area contributed by atoms with Crippen molar-refractivity contribution >= 4 is 41.7 Å². The largest absolute Gasteiger partial charge is 0.370 e. The number of rotatable bonds is 7. The summed E-state index contributed by atoms with van der Waals surface area (Å²) in [5.74, 6) is 1.46. The zero-order valence-electron chi connectivity index (χ0n) is 13.2. The lowest BCUT2D eigenvalue weighted by Gasteiger charge is -2.06.